The van der Waals surface area contributed by atoms with Crippen molar-refractivity contribution >= 4 is 44.9 Å². The minimum atomic E-state index is 0. The molecule has 0 atom stereocenters. The molecule has 0 unspecified atom stereocenters. The molecule has 3 aromatic heterocycles. The molecule has 0 bridgehead atoms. The van der Waals surface area contributed by atoms with Crippen molar-refractivity contribution in [3.63, 3.8) is 0 Å². The van der Waals surface area contributed by atoms with Gasteiger partial charge >= 0.3 is 0 Å². The molecule has 4 nitrogen and oxygen atoms in total. The summed E-state index contributed by atoms with van der Waals surface area (Å²) in [5, 5.41) is 4.03. The Kier molecular flexibility index (Phi) is 3.51. The fourth-order valence-electron chi connectivity index (χ4n) is 1.38. The van der Waals surface area contributed by atoms with Crippen molar-refractivity contribution in [2.75, 3.05) is 5.32 Å². The Hall–Kier alpha value is -1.72. The van der Waals surface area contributed by atoms with Crippen molar-refractivity contribution in [3.8, 4) is 0 Å². The summed E-state index contributed by atoms with van der Waals surface area (Å²) in [6.07, 6.45) is 5.28. The summed E-state index contributed by atoms with van der Waals surface area (Å²) in [5.74, 6) is 0. The van der Waals surface area contributed by atoms with Crippen LogP contribution < -0.4 is 5.32 Å². The van der Waals surface area contributed by atoms with Crippen LogP contribution in [0.1, 0.15) is 0 Å². The minimum Gasteiger partial charge on any atom is -0.330 e. The van der Waals surface area contributed by atoms with Gasteiger partial charge in [0.1, 0.15) is 10.3 Å². The van der Waals surface area contributed by atoms with E-state index in [0.29, 0.717) is 0 Å². The molecular weight excluding hydrogens is 256 g/mol. The number of fused-ring (bicyclic) bond motifs is 1. The van der Waals surface area contributed by atoms with Gasteiger partial charge in [0.2, 0.25) is 0 Å². The highest BCUT2D eigenvalue weighted by Gasteiger charge is 2.03. The van der Waals surface area contributed by atoms with Crippen molar-refractivity contribution < 1.29 is 0 Å². The van der Waals surface area contributed by atoms with E-state index in [-0.39, 0.29) is 12.4 Å². The highest BCUT2D eigenvalue weighted by atomic mass is 35.5. The number of nitrogens with one attached hydrogen (secondary N) is 1. The van der Waals surface area contributed by atoms with Gasteiger partial charge in [0, 0.05) is 12.4 Å². The van der Waals surface area contributed by atoms with Gasteiger partial charge < -0.3 is 5.32 Å². The topological polar surface area (TPSA) is 50.7 Å². The number of aromatic nitrogens is 3. The molecule has 17 heavy (non-hydrogen) atoms. The number of nitrogens with zero attached hydrogens (tertiary/aromatic N) is 3. The molecule has 0 radical (unpaired) electrons. The third-order valence-corrected chi connectivity index (χ3v) is 2.97. The van der Waals surface area contributed by atoms with Gasteiger partial charge in [-0.1, -0.05) is 11.3 Å². The molecule has 6 heteroatoms. The van der Waals surface area contributed by atoms with Crippen LogP contribution in [0, 0.1) is 0 Å². The predicted octanol–water partition coefficient (Wildman–Crippen LogP) is 3.25. The van der Waals surface area contributed by atoms with Gasteiger partial charge in [-0.2, -0.15) is 0 Å². The van der Waals surface area contributed by atoms with Crippen molar-refractivity contribution in [3.05, 3.63) is 42.9 Å². The van der Waals surface area contributed by atoms with E-state index in [1.807, 2.05) is 24.3 Å². The molecule has 3 heterocycles. The lowest BCUT2D eigenvalue weighted by molar-refractivity contribution is 1.31. The quantitative estimate of drug-likeness (QED) is 0.772. The molecule has 0 fully saturated rings. The fraction of sp³-hybridized carbons (Fsp3) is 0. The average Bonchev–Trinajstić information content (AvgIpc) is 2.72. The predicted molar refractivity (Wildman–Crippen MR) is 72.2 cm³/mol. The molecule has 0 aromatic carbocycles. The first-order chi connectivity index (χ1) is 7.92. The molecule has 0 saturated carbocycles. The van der Waals surface area contributed by atoms with Crippen LogP contribution in [-0.2, 0) is 0 Å². The maximum atomic E-state index is 4.43. The lowest BCUT2D eigenvalue weighted by atomic mass is 10.4. The first-order valence-corrected chi connectivity index (χ1v) is 5.62. The number of halogens is 1. The van der Waals surface area contributed by atoms with Gasteiger partial charge in [0.05, 0.1) is 11.9 Å². The Morgan fingerprint density at radius 1 is 1.12 bits per heavy atom. The van der Waals surface area contributed by atoms with Crippen LogP contribution in [0.4, 0.5) is 10.8 Å². The van der Waals surface area contributed by atoms with Gasteiger partial charge in [-0.3, -0.25) is 4.98 Å². The number of thiazole rings is 1. The van der Waals surface area contributed by atoms with E-state index in [9.17, 15) is 0 Å². The molecular formula is C11H9ClN4S. The monoisotopic (exact) mass is 264 g/mol. The third-order valence-electron chi connectivity index (χ3n) is 2.08. The zero-order chi connectivity index (χ0) is 10.8. The number of hydrogen-bond donors (Lipinski definition) is 1. The zero-order valence-corrected chi connectivity index (χ0v) is 10.3. The van der Waals surface area contributed by atoms with Gasteiger partial charge in [-0.25, -0.2) is 9.97 Å². The molecule has 86 valence electrons. The average molecular weight is 265 g/mol. The second-order valence-corrected chi connectivity index (χ2v) is 4.19. The van der Waals surface area contributed by atoms with E-state index in [2.05, 4.69) is 20.3 Å². The van der Waals surface area contributed by atoms with E-state index in [1.165, 1.54) is 11.3 Å². The maximum absolute atomic E-state index is 4.43. The van der Waals surface area contributed by atoms with Gasteiger partial charge in [0.25, 0.3) is 0 Å². The van der Waals surface area contributed by atoms with Crippen LogP contribution in [-0.4, -0.2) is 15.0 Å². The van der Waals surface area contributed by atoms with Crippen molar-refractivity contribution in [1.29, 1.82) is 0 Å². The molecule has 0 aliphatic carbocycles. The smallest absolute Gasteiger partial charge is 0.189 e. The van der Waals surface area contributed by atoms with Gasteiger partial charge in [-0.05, 0) is 24.3 Å². The van der Waals surface area contributed by atoms with Crippen LogP contribution in [0.25, 0.3) is 10.3 Å². The third kappa shape index (κ3) is 2.51. The standard InChI is InChI=1S/C11H8N4S.ClH/c1-3-8(7-12-5-1)14-11-15-9-4-2-6-13-10(9)16-11;/h1-7H,(H,14,15);1H. The highest BCUT2D eigenvalue weighted by Crippen LogP contribution is 2.25. The first kappa shape index (κ1) is 11.8. The number of anilines is 2. The second kappa shape index (κ2) is 5.07. The van der Waals surface area contributed by atoms with E-state index in [0.717, 1.165) is 21.2 Å². The maximum Gasteiger partial charge on any atom is 0.189 e. The Morgan fingerprint density at radius 3 is 2.76 bits per heavy atom. The Bertz CT molecular complexity index is 578. The zero-order valence-electron chi connectivity index (χ0n) is 8.70. The SMILES string of the molecule is Cl.c1cncc(Nc2nc3cccnc3s2)c1. The largest absolute Gasteiger partial charge is 0.330 e. The molecule has 0 aliphatic heterocycles. The summed E-state index contributed by atoms with van der Waals surface area (Å²) in [6.45, 7) is 0. The van der Waals surface area contributed by atoms with Crippen molar-refractivity contribution in [2.24, 2.45) is 0 Å². The Morgan fingerprint density at radius 2 is 2.00 bits per heavy atom. The molecule has 0 amide bonds. The van der Waals surface area contributed by atoms with Crippen molar-refractivity contribution in [1.82, 2.24) is 15.0 Å². The van der Waals surface area contributed by atoms with E-state index >= 15 is 0 Å². The van der Waals surface area contributed by atoms with E-state index in [1.54, 1.807) is 18.6 Å². The lowest BCUT2D eigenvalue weighted by Gasteiger charge is -1.99. The first-order valence-electron chi connectivity index (χ1n) is 4.80. The molecule has 3 aromatic rings. The second-order valence-electron chi connectivity index (χ2n) is 3.21. The van der Waals surface area contributed by atoms with Gasteiger partial charge in [-0.15, -0.1) is 12.4 Å². The molecule has 0 aliphatic rings. The molecule has 0 saturated heterocycles. The number of rotatable bonds is 2. The molecule has 1 N–H and O–H groups in total. The van der Waals surface area contributed by atoms with E-state index in [4.69, 9.17) is 0 Å². The van der Waals surface area contributed by atoms with Crippen LogP contribution in [0.2, 0.25) is 0 Å². The highest BCUT2D eigenvalue weighted by molar-refractivity contribution is 7.21. The summed E-state index contributed by atoms with van der Waals surface area (Å²) in [5.41, 5.74) is 1.85. The fourth-order valence-corrected chi connectivity index (χ4v) is 2.21. The summed E-state index contributed by atoms with van der Waals surface area (Å²) >= 11 is 1.53. The molecule has 3 rings (SSSR count). The summed E-state index contributed by atoms with van der Waals surface area (Å²) in [6, 6.07) is 7.67. The normalized spacial score (nSPS) is 9.88. The summed E-state index contributed by atoms with van der Waals surface area (Å²) in [7, 11) is 0. The summed E-state index contributed by atoms with van der Waals surface area (Å²) in [4.78, 5) is 13.6. The molecule has 0 spiro atoms. The Balaban J connectivity index is 0.00000108. The van der Waals surface area contributed by atoms with Crippen molar-refractivity contribution in [2.45, 2.75) is 0 Å². The van der Waals surface area contributed by atoms with E-state index < -0.39 is 0 Å². The van der Waals surface area contributed by atoms with Gasteiger partial charge in [0.15, 0.2) is 5.13 Å². The lowest BCUT2D eigenvalue weighted by Crippen LogP contribution is -1.88. The minimum absolute atomic E-state index is 0. The number of pyridine rings is 2. The Labute approximate surface area is 108 Å². The van der Waals surface area contributed by atoms with Crippen LogP contribution in [0.5, 0.6) is 0 Å². The number of hydrogen-bond acceptors (Lipinski definition) is 5. The summed E-state index contributed by atoms with van der Waals surface area (Å²) < 4.78 is 0. The van der Waals surface area contributed by atoms with Crippen LogP contribution >= 0.6 is 23.7 Å². The van der Waals surface area contributed by atoms with Crippen LogP contribution in [0.3, 0.4) is 0 Å². The van der Waals surface area contributed by atoms with Crippen LogP contribution in [0.15, 0.2) is 42.9 Å².